The van der Waals surface area contributed by atoms with Crippen molar-refractivity contribution in [3.05, 3.63) is 59.7 Å². The molecule has 0 saturated heterocycles. The van der Waals surface area contributed by atoms with Crippen LogP contribution in [0, 0.1) is 6.92 Å². The Bertz CT molecular complexity index is 850. The number of thiocarbonyl (C=S) groups is 1. The monoisotopic (exact) mass is 412 g/mol. The molecule has 2 aromatic carbocycles. The third-order valence-corrected chi connectivity index (χ3v) is 4.44. The van der Waals surface area contributed by atoms with Crippen molar-refractivity contribution in [1.29, 1.82) is 0 Å². The molecule has 154 valence electrons. The zero-order chi connectivity index (χ0) is 21.1. The van der Waals surface area contributed by atoms with E-state index in [1.165, 1.54) is 0 Å². The number of benzene rings is 2. The largest absolute Gasteiger partial charge is 0.484 e. The number of rotatable bonds is 9. The van der Waals surface area contributed by atoms with E-state index in [-0.39, 0.29) is 12.5 Å². The van der Waals surface area contributed by atoms with Crippen molar-refractivity contribution in [3.63, 3.8) is 0 Å². The van der Waals surface area contributed by atoms with Gasteiger partial charge in [0.2, 0.25) is 0 Å². The molecule has 0 saturated carbocycles. The Kier molecular flexibility index (Phi) is 9.11. The van der Waals surface area contributed by atoms with Crippen LogP contribution in [0.25, 0.3) is 0 Å². The first kappa shape index (κ1) is 22.4. The van der Waals surface area contributed by atoms with Gasteiger partial charge < -0.3 is 15.4 Å². The first-order chi connectivity index (χ1) is 14.0. The van der Waals surface area contributed by atoms with Gasteiger partial charge in [-0.25, -0.2) is 0 Å². The van der Waals surface area contributed by atoms with E-state index in [0.717, 1.165) is 41.9 Å². The second kappa shape index (κ2) is 11.8. The van der Waals surface area contributed by atoms with Gasteiger partial charge in [-0.3, -0.25) is 10.2 Å². The molecule has 0 heterocycles. The quantitative estimate of drug-likeness (QED) is 0.251. The highest BCUT2D eigenvalue weighted by Gasteiger charge is 2.06. The predicted molar refractivity (Wildman–Crippen MR) is 123 cm³/mol. The highest BCUT2D eigenvalue weighted by atomic mass is 32.1. The summed E-state index contributed by atoms with van der Waals surface area (Å²) in [4.78, 5) is 12.1. The smallest absolute Gasteiger partial charge is 0.262 e. The number of unbranched alkanes of at least 4 members (excludes halogenated alkanes) is 1. The number of hydrogen-bond acceptors (Lipinski definition) is 4. The number of nitrogens with zero attached hydrogens (tertiary/aromatic N) is 1. The van der Waals surface area contributed by atoms with Crippen LogP contribution >= 0.6 is 12.2 Å². The molecule has 0 fully saturated rings. The van der Waals surface area contributed by atoms with Crippen molar-refractivity contribution in [2.75, 3.05) is 18.5 Å². The van der Waals surface area contributed by atoms with E-state index in [4.69, 9.17) is 17.0 Å². The van der Waals surface area contributed by atoms with Crippen molar-refractivity contribution >= 4 is 34.6 Å². The first-order valence-corrected chi connectivity index (χ1v) is 10.1. The lowest BCUT2D eigenvalue weighted by Gasteiger charge is -2.10. The molecule has 6 nitrogen and oxygen atoms in total. The van der Waals surface area contributed by atoms with E-state index in [1.54, 1.807) is 0 Å². The van der Waals surface area contributed by atoms with E-state index in [1.807, 2.05) is 62.4 Å². The van der Waals surface area contributed by atoms with E-state index >= 15 is 0 Å². The van der Waals surface area contributed by atoms with Gasteiger partial charge >= 0.3 is 0 Å². The van der Waals surface area contributed by atoms with Crippen LogP contribution in [0.5, 0.6) is 5.75 Å². The van der Waals surface area contributed by atoms with Crippen LogP contribution in [0.2, 0.25) is 0 Å². The average Bonchev–Trinajstić information content (AvgIpc) is 2.73. The third-order valence-electron chi connectivity index (χ3n) is 4.20. The van der Waals surface area contributed by atoms with Crippen LogP contribution in [0.3, 0.4) is 0 Å². The average molecular weight is 413 g/mol. The Morgan fingerprint density at radius 1 is 1.14 bits per heavy atom. The van der Waals surface area contributed by atoms with Gasteiger partial charge in [0.05, 0.1) is 5.71 Å². The van der Waals surface area contributed by atoms with E-state index in [9.17, 15) is 4.79 Å². The molecule has 0 aliphatic rings. The maximum absolute atomic E-state index is 12.1. The molecule has 7 heteroatoms. The molecule has 2 aromatic rings. The zero-order valence-corrected chi connectivity index (χ0v) is 17.9. The van der Waals surface area contributed by atoms with Crippen molar-refractivity contribution in [3.8, 4) is 5.75 Å². The number of carbonyl (C=O) groups excluding carboxylic acids is 1. The summed E-state index contributed by atoms with van der Waals surface area (Å²) in [5.74, 6) is 0.417. The summed E-state index contributed by atoms with van der Waals surface area (Å²) < 4.78 is 5.57. The number of hydrogen-bond donors (Lipinski definition) is 3. The van der Waals surface area contributed by atoms with Gasteiger partial charge in [-0.2, -0.15) is 5.10 Å². The Morgan fingerprint density at radius 2 is 1.86 bits per heavy atom. The zero-order valence-electron chi connectivity index (χ0n) is 17.1. The number of amides is 1. The Labute approximate surface area is 177 Å². The normalized spacial score (nSPS) is 10.9. The predicted octanol–water partition coefficient (Wildman–Crippen LogP) is 4.00. The summed E-state index contributed by atoms with van der Waals surface area (Å²) in [6, 6.07) is 15.0. The summed E-state index contributed by atoms with van der Waals surface area (Å²) in [5, 5.41) is 10.8. The molecule has 0 bridgehead atoms. The van der Waals surface area contributed by atoms with Gasteiger partial charge in [0.1, 0.15) is 5.75 Å². The van der Waals surface area contributed by atoms with E-state index < -0.39 is 0 Å². The number of ether oxygens (including phenoxy) is 1. The fourth-order valence-corrected chi connectivity index (χ4v) is 2.61. The summed E-state index contributed by atoms with van der Waals surface area (Å²) in [7, 11) is 0. The number of para-hydroxylation sites is 1. The van der Waals surface area contributed by atoms with Crippen LogP contribution in [-0.2, 0) is 4.79 Å². The van der Waals surface area contributed by atoms with Crippen molar-refractivity contribution in [2.24, 2.45) is 5.10 Å². The van der Waals surface area contributed by atoms with Gasteiger partial charge in [-0.15, -0.1) is 0 Å². The van der Waals surface area contributed by atoms with Crippen LogP contribution in [-0.4, -0.2) is 29.9 Å². The molecule has 0 aliphatic carbocycles. The van der Waals surface area contributed by atoms with Crippen molar-refractivity contribution < 1.29 is 9.53 Å². The highest BCUT2D eigenvalue weighted by molar-refractivity contribution is 7.80. The Morgan fingerprint density at radius 3 is 2.55 bits per heavy atom. The third kappa shape index (κ3) is 7.91. The fourth-order valence-electron chi connectivity index (χ4n) is 2.46. The standard InChI is InChI=1S/C22H28N4O2S/c1-4-5-14-23-22(29)26-25-17(3)18-10-12-19(13-11-18)28-15-21(27)24-20-9-7-6-8-16(20)2/h6-13H,4-5,14-15H2,1-3H3,(H,24,27)(H2,23,26,29)/b25-17-. The van der Waals surface area contributed by atoms with Gasteiger partial charge in [0.25, 0.3) is 5.91 Å². The van der Waals surface area contributed by atoms with E-state index in [2.05, 4.69) is 28.1 Å². The van der Waals surface area contributed by atoms with Gasteiger partial charge in [0, 0.05) is 12.2 Å². The fraction of sp³-hybridized carbons (Fsp3) is 0.318. The topological polar surface area (TPSA) is 74.8 Å². The Hall–Kier alpha value is -2.93. The molecule has 3 N–H and O–H groups in total. The van der Waals surface area contributed by atoms with Crippen LogP contribution in [0.4, 0.5) is 5.69 Å². The summed E-state index contributed by atoms with van der Waals surface area (Å²) in [5.41, 5.74) is 6.38. The summed E-state index contributed by atoms with van der Waals surface area (Å²) in [6.45, 7) is 6.75. The van der Waals surface area contributed by atoms with Crippen molar-refractivity contribution in [2.45, 2.75) is 33.6 Å². The molecular weight excluding hydrogens is 384 g/mol. The van der Waals surface area contributed by atoms with E-state index in [0.29, 0.717) is 10.9 Å². The molecule has 2 rings (SSSR count). The van der Waals surface area contributed by atoms with Crippen LogP contribution in [0.15, 0.2) is 53.6 Å². The lowest BCUT2D eigenvalue weighted by Crippen LogP contribution is -2.33. The number of nitrogens with one attached hydrogen (secondary N) is 3. The lowest BCUT2D eigenvalue weighted by atomic mass is 10.1. The number of carbonyl (C=O) groups is 1. The second-order valence-corrected chi connectivity index (χ2v) is 7.00. The number of anilines is 1. The maximum Gasteiger partial charge on any atom is 0.262 e. The van der Waals surface area contributed by atoms with Crippen molar-refractivity contribution in [1.82, 2.24) is 10.7 Å². The molecule has 0 unspecified atom stereocenters. The maximum atomic E-state index is 12.1. The summed E-state index contributed by atoms with van der Waals surface area (Å²) >= 11 is 5.18. The van der Waals surface area contributed by atoms with Crippen LogP contribution < -0.4 is 20.8 Å². The lowest BCUT2D eigenvalue weighted by molar-refractivity contribution is -0.118. The molecule has 29 heavy (non-hydrogen) atoms. The molecule has 0 aliphatic heterocycles. The van der Waals surface area contributed by atoms with Crippen LogP contribution in [0.1, 0.15) is 37.8 Å². The van der Waals surface area contributed by atoms with Gasteiger partial charge in [-0.05, 0) is 73.9 Å². The highest BCUT2D eigenvalue weighted by Crippen LogP contribution is 2.15. The molecular formula is C22H28N4O2S. The second-order valence-electron chi connectivity index (χ2n) is 6.59. The Balaban J connectivity index is 1.81. The molecule has 0 atom stereocenters. The minimum Gasteiger partial charge on any atom is -0.484 e. The summed E-state index contributed by atoms with van der Waals surface area (Å²) in [6.07, 6.45) is 2.18. The minimum atomic E-state index is -0.200. The number of hydrazone groups is 1. The molecule has 0 radical (unpaired) electrons. The van der Waals surface area contributed by atoms with Gasteiger partial charge in [-0.1, -0.05) is 31.5 Å². The first-order valence-electron chi connectivity index (χ1n) is 9.66. The van der Waals surface area contributed by atoms with Gasteiger partial charge in [0.15, 0.2) is 11.7 Å². The molecule has 0 spiro atoms. The minimum absolute atomic E-state index is 0.0555. The SMILES string of the molecule is CCCCNC(=S)N/N=C(/C)c1ccc(OCC(=O)Nc2ccccc2C)cc1. The molecule has 1 amide bonds. The number of aryl methyl sites for hydroxylation is 1. The molecule has 0 aromatic heterocycles.